The lowest BCUT2D eigenvalue weighted by Crippen LogP contribution is -2.39. The predicted molar refractivity (Wildman–Crippen MR) is 81.5 cm³/mol. The molecule has 2 aliphatic heterocycles. The average Bonchev–Trinajstić information content (AvgIpc) is 2.53. The smallest absolute Gasteiger partial charge is 0.356 e. The van der Waals surface area contributed by atoms with E-state index in [4.69, 9.17) is 9.47 Å². The van der Waals surface area contributed by atoms with Crippen LogP contribution in [0.5, 0.6) is 0 Å². The highest BCUT2D eigenvalue weighted by molar-refractivity contribution is 5.89. The van der Waals surface area contributed by atoms with Gasteiger partial charge >= 0.3 is 5.97 Å². The Morgan fingerprint density at radius 1 is 1.33 bits per heavy atom. The first-order valence-corrected chi connectivity index (χ1v) is 7.88. The predicted octanol–water partition coefficient (Wildman–Crippen LogP) is 3.59. The normalized spacial score (nSPS) is 21.0. The van der Waals surface area contributed by atoms with Crippen LogP contribution in [0, 0.1) is 11.6 Å². The number of rotatable bonds is 3. The number of aromatic nitrogens is 1. The molecule has 0 saturated carbocycles. The number of carbonyl (C=O) groups excluding carboxylic acids is 1. The van der Waals surface area contributed by atoms with Crippen LogP contribution in [0.1, 0.15) is 41.2 Å². The van der Waals surface area contributed by atoms with Gasteiger partial charge in [0, 0.05) is 24.5 Å². The van der Waals surface area contributed by atoms with Gasteiger partial charge in [-0.25, -0.2) is 18.6 Å². The van der Waals surface area contributed by atoms with Crippen LogP contribution in [0.25, 0.3) is 11.1 Å². The number of pyridine rings is 1. The molecule has 1 aromatic carbocycles. The molecule has 124 valence electrons. The van der Waals surface area contributed by atoms with Crippen LogP contribution < -0.4 is 0 Å². The van der Waals surface area contributed by atoms with Crippen LogP contribution in [0.15, 0.2) is 24.3 Å². The van der Waals surface area contributed by atoms with Crippen molar-refractivity contribution in [3.8, 4) is 11.1 Å². The minimum Gasteiger partial charge on any atom is -0.461 e. The lowest BCUT2D eigenvalue weighted by atomic mass is 9.82. The third-order valence-electron chi connectivity index (χ3n) is 4.43. The third-order valence-corrected chi connectivity index (χ3v) is 4.43. The molecule has 4 nitrogen and oxygen atoms in total. The Bertz CT molecular complexity index is 831. The summed E-state index contributed by atoms with van der Waals surface area (Å²) in [6, 6.07) is 4.95. The van der Waals surface area contributed by atoms with E-state index in [1.54, 1.807) is 6.92 Å². The summed E-state index contributed by atoms with van der Waals surface area (Å²) in [4.78, 5) is 16.5. The van der Waals surface area contributed by atoms with E-state index in [-0.39, 0.29) is 30.1 Å². The van der Waals surface area contributed by atoms with Gasteiger partial charge in [0.05, 0.1) is 18.4 Å². The van der Waals surface area contributed by atoms with Crippen molar-refractivity contribution in [3.05, 3.63) is 52.9 Å². The van der Waals surface area contributed by atoms with Crippen LogP contribution in [-0.2, 0) is 15.9 Å². The van der Waals surface area contributed by atoms with Gasteiger partial charge in [-0.2, -0.15) is 0 Å². The summed E-state index contributed by atoms with van der Waals surface area (Å²) in [5.41, 5.74) is 2.44. The van der Waals surface area contributed by atoms with E-state index >= 15 is 0 Å². The molecule has 0 amide bonds. The second-order valence-electron chi connectivity index (χ2n) is 5.95. The Morgan fingerprint density at radius 2 is 2.12 bits per heavy atom. The highest BCUT2D eigenvalue weighted by Gasteiger charge is 2.41. The van der Waals surface area contributed by atoms with Gasteiger partial charge in [0.1, 0.15) is 23.4 Å². The van der Waals surface area contributed by atoms with Crippen molar-refractivity contribution >= 4 is 5.97 Å². The average molecular weight is 331 g/mol. The number of ether oxygens (including phenoxy) is 2. The minimum absolute atomic E-state index is 0.0972. The van der Waals surface area contributed by atoms with Crippen LogP contribution in [0.2, 0.25) is 0 Å². The molecule has 1 aromatic heterocycles. The molecule has 5 rings (SSSR count). The number of benzene rings is 1. The van der Waals surface area contributed by atoms with Crippen LogP contribution in [0.4, 0.5) is 8.78 Å². The van der Waals surface area contributed by atoms with Crippen molar-refractivity contribution < 1.29 is 23.0 Å². The van der Waals surface area contributed by atoms with E-state index in [1.165, 1.54) is 18.2 Å². The zero-order valence-electron chi connectivity index (χ0n) is 13.0. The maximum Gasteiger partial charge on any atom is 0.356 e. The maximum absolute atomic E-state index is 14.3. The summed E-state index contributed by atoms with van der Waals surface area (Å²) in [5, 5.41) is 0. The molecule has 0 spiro atoms. The summed E-state index contributed by atoms with van der Waals surface area (Å²) < 4.78 is 38.2. The maximum atomic E-state index is 14.3. The number of carbonyl (C=O) groups is 1. The molecule has 0 N–H and O–H groups in total. The number of halogens is 2. The van der Waals surface area contributed by atoms with Crippen molar-refractivity contribution in [2.45, 2.75) is 32.0 Å². The van der Waals surface area contributed by atoms with Gasteiger partial charge in [0.2, 0.25) is 0 Å². The molecule has 2 bridgehead atoms. The van der Waals surface area contributed by atoms with E-state index < -0.39 is 17.6 Å². The van der Waals surface area contributed by atoms with Crippen LogP contribution in [0.3, 0.4) is 0 Å². The lowest BCUT2D eigenvalue weighted by molar-refractivity contribution is -0.139. The Hall–Kier alpha value is -2.34. The van der Waals surface area contributed by atoms with E-state index in [2.05, 4.69) is 4.98 Å². The summed E-state index contributed by atoms with van der Waals surface area (Å²) in [6.45, 7) is 1.93. The summed E-state index contributed by atoms with van der Waals surface area (Å²) in [7, 11) is 0. The standard InChI is InChI=1S/C18H15F2NO3/c1-2-23-18(22)15-8-12(11-4-3-9(19)5-14(11)20)13-6-10-7-16(24-10)17(13)21-15/h3-5,8,10,16H,2,6-7H2,1H3/t10-,16-/m1/s1. The second-order valence-corrected chi connectivity index (χ2v) is 5.95. The van der Waals surface area contributed by atoms with Crippen molar-refractivity contribution in [2.75, 3.05) is 6.61 Å². The van der Waals surface area contributed by atoms with Crippen molar-refractivity contribution in [1.29, 1.82) is 0 Å². The molecular weight excluding hydrogens is 316 g/mol. The molecule has 6 heteroatoms. The fraction of sp³-hybridized carbons (Fsp3) is 0.333. The minimum atomic E-state index is -0.668. The van der Waals surface area contributed by atoms with Gasteiger partial charge in [-0.15, -0.1) is 0 Å². The van der Waals surface area contributed by atoms with Gasteiger partial charge in [0.15, 0.2) is 0 Å². The van der Waals surface area contributed by atoms with E-state index in [0.717, 1.165) is 18.1 Å². The number of esters is 1. The van der Waals surface area contributed by atoms with E-state index in [9.17, 15) is 13.6 Å². The molecule has 3 aliphatic rings. The first kappa shape index (κ1) is 15.2. The number of nitrogens with zero attached hydrogens (tertiary/aromatic N) is 1. The van der Waals surface area contributed by atoms with Crippen molar-refractivity contribution in [2.24, 2.45) is 0 Å². The molecule has 1 fully saturated rings. The van der Waals surface area contributed by atoms with Crippen molar-refractivity contribution in [1.82, 2.24) is 4.98 Å². The van der Waals surface area contributed by atoms with E-state index in [1.807, 2.05) is 0 Å². The second kappa shape index (κ2) is 5.63. The van der Waals surface area contributed by atoms with Gasteiger partial charge < -0.3 is 9.47 Å². The summed E-state index contributed by atoms with van der Waals surface area (Å²) >= 11 is 0. The Morgan fingerprint density at radius 3 is 2.83 bits per heavy atom. The molecule has 1 aliphatic carbocycles. The summed E-state index contributed by atoms with van der Waals surface area (Å²) in [5.74, 6) is -1.88. The molecule has 2 aromatic rings. The van der Waals surface area contributed by atoms with Crippen LogP contribution in [-0.4, -0.2) is 23.7 Å². The topological polar surface area (TPSA) is 48.4 Å². The number of hydrogen-bond donors (Lipinski definition) is 0. The molecular formula is C18H15F2NO3. The molecule has 0 radical (unpaired) electrons. The van der Waals surface area contributed by atoms with Gasteiger partial charge in [0.25, 0.3) is 0 Å². The zero-order valence-corrected chi connectivity index (χ0v) is 13.0. The fourth-order valence-electron chi connectivity index (χ4n) is 3.33. The third kappa shape index (κ3) is 2.38. The highest BCUT2D eigenvalue weighted by atomic mass is 19.1. The first-order chi connectivity index (χ1) is 11.6. The molecule has 1 saturated heterocycles. The Kier molecular flexibility index (Phi) is 3.57. The highest BCUT2D eigenvalue weighted by Crippen LogP contribution is 2.46. The van der Waals surface area contributed by atoms with E-state index in [0.29, 0.717) is 17.7 Å². The first-order valence-electron chi connectivity index (χ1n) is 7.88. The largest absolute Gasteiger partial charge is 0.461 e. The molecule has 2 atom stereocenters. The number of hydrogen-bond acceptors (Lipinski definition) is 4. The Labute approximate surface area is 137 Å². The van der Waals surface area contributed by atoms with Gasteiger partial charge in [-0.1, -0.05) is 0 Å². The van der Waals surface area contributed by atoms with Gasteiger partial charge in [-0.3, -0.25) is 0 Å². The lowest BCUT2D eigenvalue weighted by Gasteiger charge is -2.42. The SMILES string of the molecule is CCOC(=O)c1cc(-c2ccc(F)cc2F)c2c(n1)[C@H]1C[C@@H](C2)O1. The fourth-order valence-corrected chi connectivity index (χ4v) is 3.33. The van der Waals surface area contributed by atoms with Crippen molar-refractivity contribution in [3.63, 3.8) is 0 Å². The van der Waals surface area contributed by atoms with Crippen LogP contribution >= 0.6 is 0 Å². The Balaban J connectivity index is 1.90. The summed E-state index contributed by atoms with van der Waals surface area (Å²) in [6.07, 6.45) is 1.38. The molecule has 24 heavy (non-hydrogen) atoms. The molecule has 3 heterocycles. The van der Waals surface area contributed by atoms with Gasteiger partial charge in [-0.05, 0) is 36.2 Å². The monoisotopic (exact) mass is 331 g/mol. The zero-order chi connectivity index (χ0) is 16.8. The molecule has 0 unspecified atom stereocenters. The quantitative estimate of drug-likeness (QED) is 0.807.